The first kappa shape index (κ1) is 21.0. The van der Waals surface area contributed by atoms with E-state index in [4.69, 9.17) is 4.74 Å². The number of carbonyl (C=O) groups is 1. The summed E-state index contributed by atoms with van der Waals surface area (Å²) >= 11 is 0. The Balaban J connectivity index is 1.64. The van der Waals surface area contributed by atoms with Crippen LogP contribution in [0.4, 0.5) is 13.2 Å². The summed E-state index contributed by atoms with van der Waals surface area (Å²) in [5, 5.41) is 8.11. The summed E-state index contributed by atoms with van der Waals surface area (Å²) in [7, 11) is 4.74. The highest BCUT2D eigenvalue weighted by atomic mass is 19.4. The molecule has 0 aliphatic carbocycles. The van der Waals surface area contributed by atoms with Crippen LogP contribution in [0, 0.1) is 6.92 Å². The predicted octanol–water partition coefficient (Wildman–Crippen LogP) is 3.35. The lowest BCUT2D eigenvalue weighted by atomic mass is 10.0. The lowest BCUT2D eigenvalue weighted by Gasteiger charge is -2.27. The molecule has 7 nitrogen and oxygen atoms in total. The average Bonchev–Trinajstić information content (AvgIpc) is 3.25. The third kappa shape index (κ3) is 3.66. The number of halogens is 3. The van der Waals surface area contributed by atoms with E-state index in [0.717, 1.165) is 17.2 Å². The maximum absolute atomic E-state index is 13.1. The summed E-state index contributed by atoms with van der Waals surface area (Å²) in [5.41, 5.74) is 2.91. The Hall–Kier alpha value is -3.30. The van der Waals surface area contributed by atoms with E-state index in [9.17, 15) is 18.0 Å². The molecule has 0 saturated heterocycles. The fraction of sp³-hybridized carbons (Fsp3) is 0.381. The van der Waals surface area contributed by atoms with Gasteiger partial charge in [0.2, 0.25) is 0 Å². The van der Waals surface area contributed by atoms with Crippen LogP contribution in [0.15, 0.2) is 24.3 Å². The zero-order valence-corrected chi connectivity index (χ0v) is 17.6. The van der Waals surface area contributed by atoms with Gasteiger partial charge in [-0.2, -0.15) is 23.4 Å². The van der Waals surface area contributed by atoms with Crippen molar-refractivity contribution in [2.45, 2.75) is 26.1 Å². The van der Waals surface area contributed by atoms with E-state index in [1.54, 1.807) is 35.9 Å². The lowest BCUT2D eigenvalue weighted by molar-refractivity contribution is -0.141. The van der Waals surface area contributed by atoms with Crippen LogP contribution in [0.2, 0.25) is 0 Å². The number of rotatable bonds is 3. The molecule has 0 spiro atoms. The van der Waals surface area contributed by atoms with Crippen LogP contribution in [0.5, 0.6) is 5.75 Å². The Morgan fingerprint density at radius 2 is 1.87 bits per heavy atom. The third-order valence-corrected chi connectivity index (χ3v) is 5.56. The number of benzene rings is 1. The van der Waals surface area contributed by atoms with Crippen LogP contribution in [0.1, 0.15) is 32.9 Å². The predicted molar refractivity (Wildman–Crippen MR) is 107 cm³/mol. The van der Waals surface area contributed by atoms with Gasteiger partial charge in [-0.1, -0.05) is 0 Å². The molecule has 1 aromatic carbocycles. The minimum absolute atomic E-state index is 0.113. The van der Waals surface area contributed by atoms with Crippen LogP contribution >= 0.6 is 0 Å². The number of amides is 1. The number of fused-ring (bicyclic) bond motifs is 1. The number of alkyl halides is 3. The van der Waals surface area contributed by atoms with Gasteiger partial charge in [0.15, 0.2) is 5.69 Å². The highest BCUT2D eigenvalue weighted by Crippen LogP contribution is 2.35. The Kier molecular flexibility index (Phi) is 5.03. The van der Waals surface area contributed by atoms with Crippen molar-refractivity contribution >= 4 is 5.91 Å². The van der Waals surface area contributed by atoms with E-state index >= 15 is 0 Å². The SMILES string of the molecule is COc1ccc(C(=O)N2CCc3c(nn(C)c3-c3cc(C(F)(F)F)nn3C)C2)c(C)c1. The van der Waals surface area contributed by atoms with Gasteiger partial charge in [0.25, 0.3) is 5.91 Å². The van der Waals surface area contributed by atoms with Crippen molar-refractivity contribution in [2.24, 2.45) is 14.1 Å². The first-order chi connectivity index (χ1) is 14.6. The van der Waals surface area contributed by atoms with Crippen LogP contribution in [-0.4, -0.2) is 44.0 Å². The lowest BCUT2D eigenvalue weighted by Crippen LogP contribution is -2.36. The average molecular weight is 433 g/mol. The minimum Gasteiger partial charge on any atom is -0.497 e. The Morgan fingerprint density at radius 3 is 2.48 bits per heavy atom. The number of nitrogens with zero attached hydrogens (tertiary/aromatic N) is 5. The molecule has 1 aliphatic rings. The van der Waals surface area contributed by atoms with Gasteiger partial charge in [0, 0.05) is 31.8 Å². The number of hydrogen-bond acceptors (Lipinski definition) is 4. The Morgan fingerprint density at radius 1 is 1.13 bits per heavy atom. The van der Waals surface area contributed by atoms with Crippen molar-refractivity contribution in [1.82, 2.24) is 24.5 Å². The van der Waals surface area contributed by atoms with Gasteiger partial charge >= 0.3 is 6.18 Å². The van der Waals surface area contributed by atoms with E-state index < -0.39 is 11.9 Å². The molecule has 1 amide bonds. The molecule has 0 fully saturated rings. The molecule has 10 heteroatoms. The largest absolute Gasteiger partial charge is 0.497 e. The Labute approximate surface area is 177 Å². The van der Waals surface area contributed by atoms with Gasteiger partial charge in [-0.15, -0.1) is 0 Å². The molecule has 3 heterocycles. The van der Waals surface area contributed by atoms with Crippen molar-refractivity contribution < 1.29 is 22.7 Å². The van der Waals surface area contributed by atoms with Crippen LogP contribution in [-0.2, 0) is 33.2 Å². The molecule has 1 aliphatic heterocycles. The number of methoxy groups -OCH3 is 1. The highest BCUT2D eigenvalue weighted by molar-refractivity contribution is 5.96. The van der Waals surface area contributed by atoms with Gasteiger partial charge in [-0.05, 0) is 43.2 Å². The molecule has 31 heavy (non-hydrogen) atoms. The number of carbonyl (C=O) groups excluding carboxylic acids is 1. The summed E-state index contributed by atoms with van der Waals surface area (Å²) in [6, 6.07) is 6.33. The molecular formula is C21H22F3N5O2. The fourth-order valence-corrected chi connectivity index (χ4v) is 4.01. The molecule has 3 aromatic rings. The van der Waals surface area contributed by atoms with E-state index in [1.165, 1.54) is 11.7 Å². The molecule has 0 bridgehead atoms. The normalized spacial score (nSPS) is 14.0. The second kappa shape index (κ2) is 7.44. The number of ether oxygens (including phenoxy) is 1. The Bertz CT molecular complexity index is 1160. The van der Waals surface area contributed by atoms with Gasteiger partial charge in [0.1, 0.15) is 5.75 Å². The summed E-state index contributed by atoms with van der Waals surface area (Å²) in [6.07, 6.45) is -4.03. The number of aromatic nitrogens is 4. The zero-order chi connectivity index (χ0) is 22.5. The quantitative estimate of drug-likeness (QED) is 0.636. The van der Waals surface area contributed by atoms with Gasteiger partial charge in [-0.25, -0.2) is 0 Å². The van der Waals surface area contributed by atoms with E-state index in [2.05, 4.69) is 10.2 Å². The summed E-state index contributed by atoms with van der Waals surface area (Å²) in [4.78, 5) is 14.8. The molecular weight excluding hydrogens is 411 g/mol. The van der Waals surface area contributed by atoms with Crippen LogP contribution in [0.3, 0.4) is 0 Å². The second-order valence-electron chi connectivity index (χ2n) is 7.59. The van der Waals surface area contributed by atoms with Gasteiger partial charge in [0.05, 0.1) is 30.7 Å². The topological polar surface area (TPSA) is 65.2 Å². The van der Waals surface area contributed by atoms with E-state index in [0.29, 0.717) is 41.4 Å². The molecule has 0 radical (unpaired) electrons. The number of aryl methyl sites for hydroxylation is 3. The molecule has 4 rings (SSSR count). The molecule has 0 N–H and O–H groups in total. The van der Waals surface area contributed by atoms with Gasteiger partial charge in [-0.3, -0.25) is 14.2 Å². The van der Waals surface area contributed by atoms with E-state index in [1.807, 2.05) is 13.0 Å². The van der Waals surface area contributed by atoms with Gasteiger partial charge < -0.3 is 9.64 Å². The van der Waals surface area contributed by atoms with E-state index in [-0.39, 0.29) is 12.5 Å². The summed E-state index contributed by atoms with van der Waals surface area (Å²) < 4.78 is 47.3. The zero-order valence-electron chi connectivity index (χ0n) is 17.6. The standard InChI is InChI=1S/C21H22F3N5O2/c1-12-9-13(31-4)5-6-14(12)20(30)29-8-7-15-16(11-29)25-28(3)19(15)17-10-18(21(22,23)24)26-27(17)2/h5-6,9-10H,7-8,11H2,1-4H3. The van der Waals surface area contributed by atoms with Crippen molar-refractivity contribution in [3.05, 3.63) is 52.3 Å². The maximum Gasteiger partial charge on any atom is 0.435 e. The third-order valence-electron chi connectivity index (χ3n) is 5.56. The fourth-order valence-electron chi connectivity index (χ4n) is 4.01. The molecule has 0 unspecified atom stereocenters. The van der Waals surface area contributed by atoms with Crippen molar-refractivity contribution in [2.75, 3.05) is 13.7 Å². The van der Waals surface area contributed by atoms with Crippen molar-refractivity contribution in [3.63, 3.8) is 0 Å². The monoisotopic (exact) mass is 433 g/mol. The van der Waals surface area contributed by atoms with Crippen molar-refractivity contribution in [1.29, 1.82) is 0 Å². The van der Waals surface area contributed by atoms with Crippen LogP contribution < -0.4 is 4.74 Å². The first-order valence-corrected chi connectivity index (χ1v) is 9.70. The number of hydrogen-bond donors (Lipinski definition) is 0. The molecule has 0 atom stereocenters. The molecule has 0 saturated carbocycles. The molecule has 2 aromatic heterocycles. The second-order valence-corrected chi connectivity index (χ2v) is 7.59. The maximum atomic E-state index is 13.1. The summed E-state index contributed by atoms with van der Waals surface area (Å²) in [6.45, 7) is 2.59. The minimum atomic E-state index is -4.52. The van der Waals surface area contributed by atoms with Crippen LogP contribution in [0.25, 0.3) is 11.4 Å². The highest BCUT2D eigenvalue weighted by Gasteiger charge is 2.36. The molecule has 164 valence electrons. The first-order valence-electron chi connectivity index (χ1n) is 9.70. The van der Waals surface area contributed by atoms with Crippen molar-refractivity contribution in [3.8, 4) is 17.1 Å². The smallest absolute Gasteiger partial charge is 0.435 e. The summed E-state index contributed by atoms with van der Waals surface area (Å²) in [5.74, 6) is 0.566.